The van der Waals surface area contributed by atoms with Gasteiger partial charge in [-0.2, -0.15) is 0 Å². The van der Waals surface area contributed by atoms with Gasteiger partial charge in [0, 0.05) is 11.3 Å². The molecule has 0 aliphatic heterocycles. The lowest BCUT2D eigenvalue weighted by molar-refractivity contribution is -0.126. The van der Waals surface area contributed by atoms with Crippen molar-refractivity contribution in [2.45, 2.75) is 19.3 Å². The van der Waals surface area contributed by atoms with Crippen molar-refractivity contribution in [3.05, 3.63) is 42.5 Å². The standard InChI is InChI=1S/C19H24N2O2.ClH/c20-13-15-7-3-9-17(15)19(22)21-11-12-23-18-10-4-6-14-5-1-2-8-16(14)18;/h1-2,4-6,8,10,15,17H,3,7,9,11-13,20H2,(H,21,22);1H/t15-,17-;/m1./s1. The summed E-state index contributed by atoms with van der Waals surface area (Å²) in [6.45, 7) is 1.60. The van der Waals surface area contributed by atoms with E-state index in [0.29, 0.717) is 25.6 Å². The summed E-state index contributed by atoms with van der Waals surface area (Å²) in [7, 11) is 0. The summed E-state index contributed by atoms with van der Waals surface area (Å²) in [6.07, 6.45) is 3.13. The van der Waals surface area contributed by atoms with Gasteiger partial charge in [-0.15, -0.1) is 12.4 Å². The molecule has 0 radical (unpaired) electrons. The first-order chi connectivity index (χ1) is 11.3. The third-order valence-corrected chi connectivity index (χ3v) is 4.71. The van der Waals surface area contributed by atoms with Gasteiger partial charge in [0.15, 0.2) is 0 Å². The van der Waals surface area contributed by atoms with Crippen molar-refractivity contribution in [2.24, 2.45) is 17.6 Å². The molecule has 3 rings (SSSR count). The van der Waals surface area contributed by atoms with Crippen LogP contribution in [-0.2, 0) is 4.79 Å². The molecule has 1 aliphatic rings. The first kappa shape index (κ1) is 18.6. The minimum atomic E-state index is 0. The topological polar surface area (TPSA) is 64.4 Å². The number of carbonyl (C=O) groups excluding carboxylic acids is 1. The van der Waals surface area contributed by atoms with Gasteiger partial charge >= 0.3 is 0 Å². The van der Waals surface area contributed by atoms with E-state index in [0.717, 1.165) is 35.8 Å². The van der Waals surface area contributed by atoms with Gasteiger partial charge in [0.05, 0.1) is 6.54 Å². The van der Waals surface area contributed by atoms with Crippen LogP contribution < -0.4 is 15.8 Å². The fraction of sp³-hybridized carbons (Fsp3) is 0.421. The van der Waals surface area contributed by atoms with E-state index in [4.69, 9.17) is 10.5 Å². The Balaban J connectivity index is 0.00000208. The fourth-order valence-corrected chi connectivity index (χ4v) is 3.45. The number of fused-ring (bicyclic) bond motifs is 1. The molecule has 2 atom stereocenters. The molecule has 130 valence electrons. The molecule has 5 heteroatoms. The molecule has 3 N–H and O–H groups in total. The second-order valence-electron chi connectivity index (χ2n) is 6.15. The van der Waals surface area contributed by atoms with Crippen LogP contribution in [0.25, 0.3) is 10.8 Å². The van der Waals surface area contributed by atoms with E-state index >= 15 is 0 Å². The monoisotopic (exact) mass is 348 g/mol. The highest BCUT2D eigenvalue weighted by Crippen LogP contribution is 2.31. The van der Waals surface area contributed by atoms with Crippen LogP contribution in [0, 0.1) is 11.8 Å². The molecule has 1 fully saturated rings. The van der Waals surface area contributed by atoms with E-state index < -0.39 is 0 Å². The molecule has 1 aliphatic carbocycles. The van der Waals surface area contributed by atoms with Gasteiger partial charge in [0.2, 0.25) is 5.91 Å². The average molecular weight is 349 g/mol. The minimum Gasteiger partial charge on any atom is -0.491 e. The predicted molar refractivity (Wildman–Crippen MR) is 99.6 cm³/mol. The highest BCUT2D eigenvalue weighted by Gasteiger charge is 2.31. The minimum absolute atomic E-state index is 0. The number of nitrogens with two attached hydrogens (primary N) is 1. The maximum absolute atomic E-state index is 12.2. The van der Waals surface area contributed by atoms with Crippen LogP contribution in [0.3, 0.4) is 0 Å². The predicted octanol–water partition coefficient (Wildman–Crippen LogP) is 3.13. The van der Waals surface area contributed by atoms with Crippen LogP contribution in [0.5, 0.6) is 5.75 Å². The second kappa shape index (κ2) is 8.90. The molecule has 0 bridgehead atoms. The molecule has 0 spiro atoms. The lowest BCUT2D eigenvalue weighted by atomic mass is 9.95. The molecule has 1 amide bonds. The van der Waals surface area contributed by atoms with E-state index in [1.54, 1.807) is 0 Å². The van der Waals surface area contributed by atoms with E-state index in [1.807, 2.05) is 30.3 Å². The zero-order valence-corrected chi connectivity index (χ0v) is 14.6. The van der Waals surface area contributed by atoms with Gasteiger partial charge in [-0.1, -0.05) is 42.8 Å². The van der Waals surface area contributed by atoms with Crippen molar-refractivity contribution in [1.82, 2.24) is 5.32 Å². The number of benzene rings is 2. The smallest absolute Gasteiger partial charge is 0.223 e. The Morgan fingerprint density at radius 1 is 1.17 bits per heavy atom. The molecule has 2 aromatic rings. The zero-order chi connectivity index (χ0) is 16.1. The summed E-state index contributed by atoms with van der Waals surface area (Å²) < 4.78 is 5.85. The zero-order valence-electron chi connectivity index (χ0n) is 13.7. The first-order valence-corrected chi connectivity index (χ1v) is 8.38. The molecular weight excluding hydrogens is 324 g/mol. The van der Waals surface area contributed by atoms with Gasteiger partial charge < -0.3 is 15.8 Å². The molecular formula is C19H25ClN2O2. The Bertz CT molecular complexity index is 672. The summed E-state index contributed by atoms with van der Waals surface area (Å²) in [6, 6.07) is 14.2. The van der Waals surface area contributed by atoms with E-state index in [1.165, 1.54) is 0 Å². The van der Waals surface area contributed by atoms with Crippen LogP contribution in [0.1, 0.15) is 19.3 Å². The number of hydrogen-bond acceptors (Lipinski definition) is 3. The number of halogens is 1. The van der Waals surface area contributed by atoms with Crippen molar-refractivity contribution in [3.63, 3.8) is 0 Å². The number of hydrogen-bond donors (Lipinski definition) is 2. The number of ether oxygens (including phenoxy) is 1. The maximum atomic E-state index is 12.2. The molecule has 0 aromatic heterocycles. The van der Waals surface area contributed by atoms with Crippen molar-refractivity contribution in [2.75, 3.05) is 19.7 Å². The number of nitrogens with one attached hydrogen (secondary N) is 1. The van der Waals surface area contributed by atoms with Crippen LogP contribution in [0.4, 0.5) is 0 Å². The van der Waals surface area contributed by atoms with Crippen LogP contribution >= 0.6 is 12.4 Å². The third kappa shape index (κ3) is 4.19. The van der Waals surface area contributed by atoms with Crippen LogP contribution in [-0.4, -0.2) is 25.6 Å². The Morgan fingerprint density at radius 3 is 2.79 bits per heavy atom. The largest absolute Gasteiger partial charge is 0.491 e. The molecule has 0 heterocycles. The van der Waals surface area contributed by atoms with Crippen LogP contribution in [0.15, 0.2) is 42.5 Å². The highest BCUT2D eigenvalue weighted by molar-refractivity contribution is 5.88. The van der Waals surface area contributed by atoms with E-state index in [2.05, 4.69) is 17.4 Å². The lowest BCUT2D eigenvalue weighted by Crippen LogP contribution is -2.37. The third-order valence-electron chi connectivity index (χ3n) is 4.71. The lowest BCUT2D eigenvalue weighted by Gasteiger charge is -2.17. The average Bonchev–Trinajstić information content (AvgIpc) is 3.07. The number of rotatable bonds is 6. The highest BCUT2D eigenvalue weighted by atomic mass is 35.5. The molecule has 24 heavy (non-hydrogen) atoms. The molecule has 0 unspecified atom stereocenters. The van der Waals surface area contributed by atoms with Crippen molar-refractivity contribution in [1.29, 1.82) is 0 Å². The second-order valence-corrected chi connectivity index (χ2v) is 6.15. The summed E-state index contributed by atoms with van der Waals surface area (Å²) in [5.74, 6) is 1.41. The SMILES string of the molecule is Cl.NC[C@H]1CCC[C@H]1C(=O)NCCOc1cccc2ccccc12. The Kier molecular flexibility index (Phi) is 6.88. The molecule has 2 aromatic carbocycles. The van der Waals surface area contributed by atoms with Crippen molar-refractivity contribution >= 4 is 29.1 Å². The molecule has 4 nitrogen and oxygen atoms in total. The van der Waals surface area contributed by atoms with Gasteiger partial charge in [0.25, 0.3) is 0 Å². The van der Waals surface area contributed by atoms with Crippen molar-refractivity contribution < 1.29 is 9.53 Å². The van der Waals surface area contributed by atoms with Gasteiger partial charge in [-0.3, -0.25) is 4.79 Å². The number of amides is 1. The Morgan fingerprint density at radius 2 is 1.96 bits per heavy atom. The maximum Gasteiger partial charge on any atom is 0.223 e. The normalized spacial score (nSPS) is 19.7. The van der Waals surface area contributed by atoms with E-state index in [-0.39, 0.29) is 24.2 Å². The quantitative estimate of drug-likeness (QED) is 0.788. The Hall–Kier alpha value is -1.78. The van der Waals surface area contributed by atoms with Crippen LogP contribution in [0.2, 0.25) is 0 Å². The molecule has 1 saturated carbocycles. The summed E-state index contributed by atoms with van der Waals surface area (Å²) in [5, 5.41) is 5.24. The van der Waals surface area contributed by atoms with Crippen molar-refractivity contribution in [3.8, 4) is 5.75 Å². The van der Waals surface area contributed by atoms with Gasteiger partial charge in [-0.25, -0.2) is 0 Å². The fourth-order valence-electron chi connectivity index (χ4n) is 3.45. The summed E-state index contributed by atoms with van der Waals surface area (Å²) in [5.41, 5.74) is 5.74. The Labute approximate surface area is 149 Å². The molecule has 0 saturated heterocycles. The number of carbonyl (C=O) groups is 1. The first-order valence-electron chi connectivity index (χ1n) is 8.38. The summed E-state index contributed by atoms with van der Waals surface area (Å²) >= 11 is 0. The summed E-state index contributed by atoms with van der Waals surface area (Å²) in [4.78, 5) is 12.2. The van der Waals surface area contributed by atoms with E-state index in [9.17, 15) is 4.79 Å². The van der Waals surface area contributed by atoms with Gasteiger partial charge in [-0.05, 0) is 36.8 Å². The van der Waals surface area contributed by atoms with Gasteiger partial charge in [0.1, 0.15) is 12.4 Å².